The van der Waals surface area contributed by atoms with Gasteiger partial charge in [0.1, 0.15) is 0 Å². The van der Waals surface area contributed by atoms with Gasteiger partial charge in [0.25, 0.3) is 0 Å². The number of aliphatic hydroxyl groups is 1. The second kappa shape index (κ2) is 3.35. The molecule has 0 amide bonds. The molecule has 2 rings (SSSR count). The van der Waals surface area contributed by atoms with Crippen LogP contribution in [0.5, 0.6) is 0 Å². The van der Waals surface area contributed by atoms with Crippen LogP contribution in [0.3, 0.4) is 0 Å². The van der Waals surface area contributed by atoms with E-state index < -0.39 is 0 Å². The molecule has 2 aliphatic rings. The zero-order valence-corrected chi connectivity index (χ0v) is 7.68. The van der Waals surface area contributed by atoms with Crippen molar-refractivity contribution in [1.29, 1.82) is 0 Å². The maximum absolute atomic E-state index is 9.06. The highest BCUT2D eigenvalue weighted by molar-refractivity contribution is 4.92. The van der Waals surface area contributed by atoms with E-state index in [4.69, 9.17) is 5.11 Å². The van der Waals surface area contributed by atoms with Crippen LogP contribution in [-0.4, -0.2) is 24.8 Å². The molecule has 1 aliphatic carbocycles. The van der Waals surface area contributed by atoms with Crippen LogP contribution in [0.15, 0.2) is 0 Å². The first-order valence-corrected chi connectivity index (χ1v) is 5.16. The molecular formula is C10H19NO. The van der Waals surface area contributed by atoms with Gasteiger partial charge in [-0.25, -0.2) is 0 Å². The molecule has 0 aromatic carbocycles. The fourth-order valence-corrected chi connectivity index (χ4v) is 2.90. The summed E-state index contributed by atoms with van der Waals surface area (Å²) in [7, 11) is 0. The van der Waals surface area contributed by atoms with Gasteiger partial charge in [-0.05, 0) is 50.0 Å². The van der Waals surface area contributed by atoms with Gasteiger partial charge >= 0.3 is 0 Å². The van der Waals surface area contributed by atoms with E-state index in [1.807, 2.05) is 0 Å². The lowest BCUT2D eigenvalue weighted by molar-refractivity contribution is 0.180. The minimum Gasteiger partial charge on any atom is -0.396 e. The molecule has 2 N–H and O–H groups in total. The van der Waals surface area contributed by atoms with Gasteiger partial charge in [-0.2, -0.15) is 0 Å². The fourth-order valence-electron chi connectivity index (χ4n) is 2.90. The highest BCUT2D eigenvalue weighted by Gasteiger charge is 2.39. The first kappa shape index (κ1) is 8.52. The molecule has 1 saturated heterocycles. The van der Waals surface area contributed by atoms with E-state index in [0.29, 0.717) is 17.9 Å². The van der Waals surface area contributed by atoms with Gasteiger partial charge in [0, 0.05) is 13.2 Å². The summed E-state index contributed by atoms with van der Waals surface area (Å²) in [6.07, 6.45) is 6.56. The molecule has 1 heterocycles. The van der Waals surface area contributed by atoms with E-state index in [1.54, 1.807) is 0 Å². The normalized spacial score (nSPS) is 42.2. The predicted molar refractivity (Wildman–Crippen MR) is 49.0 cm³/mol. The Balaban J connectivity index is 1.94. The van der Waals surface area contributed by atoms with Crippen molar-refractivity contribution in [1.82, 2.24) is 5.32 Å². The molecule has 2 heteroatoms. The molecule has 1 aliphatic heterocycles. The Hall–Kier alpha value is -0.0800. The average molecular weight is 169 g/mol. The van der Waals surface area contributed by atoms with Crippen LogP contribution < -0.4 is 5.32 Å². The third-order valence-corrected chi connectivity index (χ3v) is 3.62. The lowest BCUT2D eigenvalue weighted by atomic mass is 9.79. The first-order chi connectivity index (χ1) is 5.85. The maximum atomic E-state index is 9.06. The van der Waals surface area contributed by atoms with Crippen molar-refractivity contribution in [3.8, 4) is 0 Å². The molecule has 0 radical (unpaired) electrons. The van der Waals surface area contributed by atoms with Gasteiger partial charge < -0.3 is 10.4 Å². The third-order valence-electron chi connectivity index (χ3n) is 3.62. The zero-order chi connectivity index (χ0) is 8.44. The molecule has 1 saturated carbocycles. The molecule has 0 aromatic rings. The van der Waals surface area contributed by atoms with E-state index in [9.17, 15) is 0 Å². The zero-order valence-electron chi connectivity index (χ0n) is 7.68. The number of hydrogen-bond acceptors (Lipinski definition) is 2. The summed E-state index contributed by atoms with van der Waals surface area (Å²) >= 11 is 0. The quantitative estimate of drug-likeness (QED) is 0.617. The molecule has 2 atom stereocenters. The SMILES string of the molecule is OCC1CCC2(CCCNC2)C1. The van der Waals surface area contributed by atoms with Crippen molar-refractivity contribution < 1.29 is 5.11 Å². The second-order valence-electron chi connectivity index (χ2n) is 4.57. The third kappa shape index (κ3) is 1.50. The summed E-state index contributed by atoms with van der Waals surface area (Å²) in [5, 5.41) is 12.5. The molecule has 0 bridgehead atoms. The average Bonchev–Trinajstić information content (AvgIpc) is 2.50. The highest BCUT2D eigenvalue weighted by atomic mass is 16.3. The van der Waals surface area contributed by atoms with Crippen LogP contribution >= 0.6 is 0 Å². The van der Waals surface area contributed by atoms with Gasteiger partial charge in [-0.1, -0.05) is 0 Å². The van der Waals surface area contributed by atoms with Crippen LogP contribution in [0.1, 0.15) is 32.1 Å². The summed E-state index contributed by atoms with van der Waals surface area (Å²) in [4.78, 5) is 0. The Bertz CT molecular complexity index is 152. The maximum Gasteiger partial charge on any atom is 0.0459 e. The Morgan fingerprint density at radius 3 is 2.92 bits per heavy atom. The minimum atomic E-state index is 0.405. The number of hydrogen-bond donors (Lipinski definition) is 2. The van der Waals surface area contributed by atoms with Crippen molar-refractivity contribution >= 4 is 0 Å². The number of piperidine rings is 1. The van der Waals surface area contributed by atoms with E-state index in [2.05, 4.69) is 5.32 Å². The number of nitrogens with one attached hydrogen (secondary N) is 1. The molecule has 70 valence electrons. The largest absolute Gasteiger partial charge is 0.396 e. The second-order valence-corrected chi connectivity index (χ2v) is 4.57. The van der Waals surface area contributed by atoms with Gasteiger partial charge in [0.2, 0.25) is 0 Å². The summed E-state index contributed by atoms with van der Waals surface area (Å²) in [5.74, 6) is 0.602. The van der Waals surface area contributed by atoms with Crippen LogP contribution in [0, 0.1) is 11.3 Å². The number of aliphatic hydroxyl groups excluding tert-OH is 1. The van der Waals surface area contributed by atoms with Crippen LogP contribution in [0.25, 0.3) is 0 Å². The van der Waals surface area contributed by atoms with E-state index in [0.717, 1.165) is 0 Å². The topological polar surface area (TPSA) is 32.3 Å². The summed E-state index contributed by atoms with van der Waals surface area (Å²) in [6.45, 7) is 2.80. The molecule has 2 nitrogen and oxygen atoms in total. The van der Waals surface area contributed by atoms with Crippen molar-refractivity contribution in [3.05, 3.63) is 0 Å². The monoisotopic (exact) mass is 169 g/mol. The van der Waals surface area contributed by atoms with E-state index >= 15 is 0 Å². The van der Waals surface area contributed by atoms with Gasteiger partial charge in [-0.15, -0.1) is 0 Å². The lowest BCUT2D eigenvalue weighted by Gasteiger charge is -2.34. The van der Waals surface area contributed by atoms with Gasteiger partial charge in [-0.3, -0.25) is 0 Å². The molecule has 0 aromatic heterocycles. The van der Waals surface area contributed by atoms with E-state index in [-0.39, 0.29) is 0 Å². The van der Waals surface area contributed by atoms with Crippen molar-refractivity contribution in [2.45, 2.75) is 32.1 Å². The summed E-state index contributed by atoms with van der Waals surface area (Å²) < 4.78 is 0. The molecule has 12 heavy (non-hydrogen) atoms. The van der Waals surface area contributed by atoms with Crippen LogP contribution in [-0.2, 0) is 0 Å². The molecular weight excluding hydrogens is 150 g/mol. The Labute approximate surface area is 74.4 Å². The molecule has 2 unspecified atom stereocenters. The number of rotatable bonds is 1. The smallest absolute Gasteiger partial charge is 0.0459 e. The molecule has 2 fully saturated rings. The van der Waals surface area contributed by atoms with Crippen molar-refractivity contribution in [2.24, 2.45) is 11.3 Å². The summed E-state index contributed by atoms with van der Waals surface area (Å²) in [6, 6.07) is 0. The minimum absolute atomic E-state index is 0.405. The van der Waals surface area contributed by atoms with Gasteiger partial charge in [0.05, 0.1) is 0 Å². The predicted octanol–water partition coefficient (Wildman–Crippen LogP) is 1.15. The van der Waals surface area contributed by atoms with Crippen molar-refractivity contribution in [3.63, 3.8) is 0 Å². The van der Waals surface area contributed by atoms with E-state index in [1.165, 1.54) is 45.2 Å². The highest BCUT2D eigenvalue weighted by Crippen LogP contribution is 2.45. The van der Waals surface area contributed by atoms with Gasteiger partial charge in [0.15, 0.2) is 0 Å². The van der Waals surface area contributed by atoms with Crippen molar-refractivity contribution in [2.75, 3.05) is 19.7 Å². The summed E-state index contributed by atoms with van der Waals surface area (Å²) in [5.41, 5.74) is 0.575. The standard InChI is InChI=1S/C10H19NO/c12-7-9-2-4-10(6-9)3-1-5-11-8-10/h9,11-12H,1-8H2. The first-order valence-electron chi connectivity index (χ1n) is 5.16. The Kier molecular flexibility index (Phi) is 2.37. The Morgan fingerprint density at radius 2 is 2.33 bits per heavy atom. The molecule has 1 spiro atoms. The lowest BCUT2D eigenvalue weighted by Crippen LogP contribution is -2.38. The Morgan fingerprint density at radius 1 is 1.42 bits per heavy atom. The fraction of sp³-hybridized carbons (Fsp3) is 1.00. The van der Waals surface area contributed by atoms with Crippen LogP contribution in [0.2, 0.25) is 0 Å². The van der Waals surface area contributed by atoms with Crippen LogP contribution in [0.4, 0.5) is 0 Å².